The molecule has 0 radical (unpaired) electrons. The van der Waals surface area contributed by atoms with E-state index in [9.17, 15) is 22.8 Å². The zero-order chi connectivity index (χ0) is 27.5. The van der Waals surface area contributed by atoms with Crippen molar-refractivity contribution in [3.63, 3.8) is 0 Å². The van der Waals surface area contributed by atoms with Gasteiger partial charge in [-0.2, -0.15) is 13.2 Å². The summed E-state index contributed by atoms with van der Waals surface area (Å²) in [6, 6.07) is 20.1. The number of benzene rings is 3. The van der Waals surface area contributed by atoms with Crippen LogP contribution >= 0.6 is 0 Å². The molecular weight excluding hydrogens is 497 g/mol. The highest BCUT2D eigenvalue weighted by Gasteiger charge is 2.42. The van der Waals surface area contributed by atoms with Crippen LogP contribution in [-0.2, 0) is 9.47 Å². The topological polar surface area (TPSA) is 61.8 Å². The molecule has 0 saturated carbocycles. The van der Waals surface area contributed by atoms with Crippen molar-refractivity contribution in [2.45, 2.75) is 51.8 Å². The van der Waals surface area contributed by atoms with Crippen LogP contribution in [0.4, 0.5) is 13.2 Å². The van der Waals surface area contributed by atoms with Crippen LogP contribution in [0.1, 0.15) is 58.9 Å². The highest BCUT2D eigenvalue weighted by atomic mass is 19.4. The van der Waals surface area contributed by atoms with Crippen molar-refractivity contribution in [1.29, 1.82) is 0 Å². The maximum Gasteiger partial charge on any atom is 0.425 e. The standard InChI is InChI=1S/C30H31F3O5/c1-3-36-20-6-4-5-7-27(30(31,32)33)38-29(35)25-16-18-26(19-17-25)37-28(34)24-14-12-23(13-15-24)22-10-8-21(2)9-11-22/h8-19,27H,3-7,20H2,1-2H3. The zero-order valence-corrected chi connectivity index (χ0v) is 21.4. The van der Waals surface area contributed by atoms with Crippen molar-refractivity contribution in [3.8, 4) is 16.9 Å². The van der Waals surface area contributed by atoms with Gasteiger partial charge in [0, 0.05) is 13.2 Å². The number of esters is 2. The number of hydrogen-bond acceptors (Lipinski definition) is 5. The summed E-state index contributed by atoms with van der Waals surface area (Å²) >= 11 is 0. The molecule has 1 unspecified atom stereocenters. The Kier molecular flexibility index (Phi) is 10.5. The Morgan fingerprint density at radius 3 is 1.89 bits per heavy atom. The molecule has 202 valence electrons. The van der Waals surface area contributed by atoms with E-state index >= 15 is 0 Å². The minimum Gasteiger partial charge on any atom is -0.449 e. The van der Waals surface area contributed by atoms with Gasteiger partial charge in [-0.15, -0.1) is 0 Å². The fourth-order valence-electron chi connectivity index (χ4n) is 3.71. The van der Waals surface area contributed by atoms with Gasteiger partial charge in [0.05, 0.1) is 11.1 Å². The smallest absolute Gasteiger partial charge is 0.425 e. The van der Waals surface area contributed by atoms with E-state index in [0.717, 1.165) is 16.7 Å². The van der Waals surface area contributed by atoms with Gasteiger partial charge in [-0.1, -0.05) is 48.4 Å². The number of carbonyl (C=O) groups excluding carboxylic acids is 2. The Bertz CT molecular complexity index is 1170. The Labute approximate surface area is 220 Å². The normalized spacial score (nSPS) is 12.1. The van der Waals surface area contributed by atoms with Crippen LogP contribution in [0.3, 0.4) is 0 Å². The van der Waals surface area contributed by atoms with Gasteiger partial charge < -0.3 is 14.2 Å². The first kappa shape index (κ1) is 28.9. The molecule has 1 atom stereocenters. The van der Waals surface area contributed by atoms with E-state index in [1.54, 1.807) is 12.1 Å². The van der Waals surface area contributed by atoms with Crippen LogP contribution < -0.4 is 4.74 Å². The lowest BCUT2D eigenvalue weighted by atomic mass is 10.0. The van der Waals surface area contributed by atoms with Crippen LogP contribution in [0.2, 0.25) is 0 Å². The molecular formula is C30H31F3O5. The number of rotatable bonds is 12. The lowest BCUT2D eigenvalue weighted by Crippen LogP contribution is -2.33. The van der Waals surface area contributed by atoms with Crippen LogP contribution in [0.15, 0.2) is 72.8 Å². The molecule has 0 spiro atoms. The lowest BCUT2D eigenvalue weighted by molar-refractivity contribution is -0.206. The lowest BCUT2D eigenvalue weighted by Gasteiger charge is -2.20. The van der Waals surface area contributed by atoms with Gasteiger partial charge >= 0.3 is 18.1 Å². The highest BCUT2D eigenvalue weighted by Crippen LogP contribution is 2.28. The first-order valence-electron chi connectivity index (χ1n) is 12.5. The molecule has 0 aliphatic carbocycles. The van der Waals surface area contributed by atoms with Crippen molar-refractivity contribution >= 4 is 11.9 Å². The quantitative estimate of drug-likeness (QED) is 0.138. The number of ether oxygens (including phenoxy) is 3. The van der Waals surface area contributed by atoms with Gasteiger partial charge in [0.1, 0.15) is 5.75 Å². The molecule has 0 saturated heterocycles. The van der Waals surface area contributed by atoms with Crippen molar-refractivity contribution in [2.24, 2.45) is 0 Å². The number of alkyl halides is 3. The van der Waals surface area contributed by atoms with Crippen molar-refractivity contribution in [2.75, 3.05) is 13.2 Å². The molecule has 0 heterocycles. The van der Waals surface area contributed by atoms with E-state index in [1.807, 2.05) is 50.2 Å². The monoisotopic (exact) mass is 528 g/mol. The molecule has 0 bridgehead atoms. The second-order valence-electron chi connectivity index (χ2n) is 8.84. The third-order valence-electron chi connectivity index (χ3n) is 5.88. The molecule has 0 aliphatic rings. The van der Waals surface area contributed by atoms with Crippen LogP contribution in [-0.4, -0.2) is 37.4 Å². The first-order valence-corrected chi connectivity index (χ1v) is 12.5. The predicted octanol–water partition coefficient (Wildman–Crippen LogP) is 7.57. The number of carbonyl (C=O) groups is 2. The van der Waals surface area contributed by atoms with E-state index in [2.05, 4.69) is 0 Å². The second kappa shape index (κ2) is 13.8. The molecule has 0 N–H and O–H groups in total. The summed E-state index contributed by atoms with van der Waals surface area (Å²) in [6.45, 7) is 4.90. The van der Waals surface area contributed by atoms with Crippen LogP contribution in [0.5, 0.6) is 5.75 Å². The van der Waals surface area contributed by atoms with Gasteiger partial charge in [-0.3, -0.25) is 0 Å². The molecule has 5 nitrogen and oxygen atoms in total. The Balaban J connectivity index is 1.54. The Hall–Kier alpha value is -3.65. The van der Waals surface area contributed by atoms with Gasteiger partial charge in [0.25, 0.3) is 0 Å². The van der Waals surface area contributed by atoms with Gasteiger partial charge in [-0.25, -0.2) is 9.59 Å². The van der Waals surface area contributed by atoms with Gasteiger partial charge in [0.2, 0.25) is 0 Å². The summed E-state index contributed by atoms with van der Waals surface area (Å²) in [6.07, 6.45) is -5.74. The fourth-order valence-corrected chi connectivity index (χ4v) is 3.71. The molecule has 0 aliphatic heterocycles. The zero-order valence-electron chi connectivity index (χ0n) is 21.4. The summed E-state index contributed by atoms with van der Waals surface area (Å²) in [5, 5.41) is 0. The minimum absolute atomic E-state index is 0.0714. The summed E-state index contributed by atoms with van der Waals surface area (Å²) in [5.74, 6) is -1.54. The number of hydrogen-bond donors (Lipinski definition) is 0. The molecule has 3 aromatic carbocycles. The average Bonchev–Trinajstić information content (AvgIpc) is 2.90. The van der Waals surface area contributed by atoms with Crippen LogP contribution in [0.25, 0.3) is 11.1 Å². The summed E-state index contributed by atoms with van der Waals surface area (Å²) in [7, 11) is 0. The molecule has 0 aromatic heterocycles. The molecule has 8 heteroatoms. The highest BCUT2D eigenvalue weighted by molar-refractivity contribution is 5.92. The molecule has 38 heavy (non-hydrogen) atoms. The minimum atomic E-state index is -4.67. The van der Waals surface area contributed by atoms with Crippen LogP contribution in [0, 0.1) is 6.92 Å². The van der Waals surface area contributed by atoms with Crippen molar-refractivity contribution in [3.05, 3.63) is 89.5 Å². The Morgan fingerprint density at radius 2 is 1.32 bits per heavy atom. The van der Waals surface area contributed by atoms with E-state index in [0.29, 0.717) is 31.6 Å². The van der Waals surface area contributed by atoms with E-state index in [-0.39, 0.29) is 24.2 Å². The number of halogens is 3. The third-order valence-corrected chi connectivity index (χ3v) is 5.88. The molecule has 0 amide bonds. The second-order valence-corrected chi connectivity index (χ2v) is 8.84. The first-order chi connectivity index (χ1) is 18.2. The van der Waals surface area contributed by atoms with Gasteiger partial charge in [-0.05, 0) is 80.6 Å². The molecule has 0 fully saturated rings. The molecule has 3 aromatic rings. The predicted molar refractivity (Wildman–Crippen MR) is 138 cm³/mol. The largest absolute Gasteiger partial charge is 0.449 e. The summed E-state index contributed by atoms with van der Waals surface area (Å²) < 4.78 is 55.4. The molecule has 3 rings (SSSR count). The third kappa shape index (κ3) is 8.73. The average molecular weight is 529 g/mol. The maximum absolute atomic E-state index is 13.4. The fraction of sp³-hybridized carbons (Fsp3) is 0.333. The number of aryl methyl sites for hydroxylation is 1. The SMILES string of the molecule is CCOCCCCCC(OC(=O)c1ccc(OC(=O)c2ccc(-c3ccc(C)cc3)cc2)cc1)C(F)(F)F. The van der Waals surface area contributed by atoms with E-state index < -0.39 is 24.2 Å². The van der Waals surface area contributed by atoms with Crippen molar-refractivity contribution in [1.82, 2.24) is 0 Å². The van der Waals surface area contributed by atoms with Crippen molar-refractivity contribution < 1.29 is 37.0 Å². The number of unbranched alkanes of at least 4 members (excludes halogenated alkanes) is 2. The maximum atomic E-state index is 13.4. The van der Waals surface area contributed by atoms with E-state index in [4.69, 9.17) is 14.2 Å². The Morgan fingerprint density at radius 1 is 0.763 bits per heavy atom. The summed E-state index contributed by atoms with van der Waals surface area (Å²) in [5.41, 5.74) is 3.38. The summed E-state index contributed by atoms with van der Waals surface area (Å²) in [4.78, 5) is 24.9. The van der Waals surface area contributed by atoms with Gasteiger partial charge in [0.15, 0.2) is 6.10 Å². The van der Waals surface area contributed by atoms with E-state index in [1.165, 1.54) is 24.3 Å².